The maximum absolute atomic E-state index is 12.4. The average Bonchev–Trinajstić information content (AvgIpc) is 3.31. The molecule has 1 saturated heterocycles. The van der Waals surface area contributed by atoms with Gasteiger partial charge in [-0.05, 0) is 66.4 Å². The van der Waals surface area contributed by atoms with Crippen molar-refractivity contribution in [2.45, 2.75) is 32.0 Å². The Morgan fingerprint density at radius 2 is 1.78 bits per heavy atom. The number of hydrogen-bond acceptors (Lipinski definition) is 6. The minimum atomic E-state index is -0.394. The fourth-order valence-electron chi connectivity index (χ4n) is 3.40. The minimum absolute atomic E-state index is 0.0120. The van der Waals surface area contributed by atoms with E-state index in [1.807, 2.05) is 24.3 Å². The smallest absolute Gasteiger partial charge is 0.258 e. The van der Waals surface area contributed by atoms with E-state index in [4.69, 9.17) is 4.74 Å². The first-order valence-electron chi connectivity index (χ1n) is 10.5. The molecule has 164 valence electrons. The molecule has 1 aliphatic rings. The van der Waals surface area contributed by atoms with Crippen molar-refractivity contribution in [2.75, 3.05) is 0 Å². The van der Waals surface area contributed by atoms with Crippen LogP contribution in [0.25, 0.3) is 0 Å². The lowest BCUT2D eigenvalue weighted by Gasteiger charge is -2.11. The standard InChI is InChI=1S/C25H26N4O3/c1-17-2-4-19(5-3-17)16-32-22-12-8-20(9-13-22)23-14-24(28-27-23)25(31)29-26-15-18-6-10-21(30)11-7-18/h2-13,15,23-24,27-28,30H,14,16H2,1H3,(H,29,31)/b26-15+. The summed E-state index contributed by atoms with van der Waals surface area (Å²) < 4.78 is 5.87. The average molecular weight is 431 g/mol. The number of aromatic hydroxyl groups is 1. The Labute approximate surface area is 187 Å². The molecule has 1 heterocycles. The first kappa shape index (κ1) is 21.5. The minimum Gasteiger partial charge on any atom is -0.508 e. The van der Waals surface area contributed by atoms with Gasteiger partial charge in [-0.3, -0.25) is 4.79 Å². The van der Waals surface area contributed by atoms with Gasteiger partial charge in [0.1, 0.15) is 24.1 Å². The quantitative estimate of drug-likeness (QED) is 0.341. The second-order valence-corrected chi connectivity index (χ2v) is 7.80. The van der Waals surface area contributed by atoms with Crippen molar-refractivity contribution in [2.24, 2.45) is 5.10 Å². The third kappa shape index (κ3) is 5.72. The van der Waals surface area contributed by atoms with E-state index in [1.54, 1.807) is 24.3 Å². The Kier molecular flexibility index (Phi) is 6.79. The van der Waals surface area contributed by atoms with Gasteiger partial charge in [0.2, 0.25) is 0 Å². The van der Waals surface area contributed by atoms with Gasteiger partial charge < -0.3 is 9.84 Å². The lowest BCUT2D eigenvalue weighted by Crippen LogP contribution is -2.41. The molecule has 4 N–H and O–H groups in total. The maximum Gasteiger partial charge on any atom is 0.258 e. The molecule has 4 rings (SSSR count). The summed E-state index contributed by atoms with van der Waals surface area (Å²) in [5.41, 5.74) is 13.0. The summed E-state index contributed by atoms with van der Waals surface area (Å²) in [6, 6.07) is 22.4. The number of phenolic OH excluding ortho intramolecular Hbond substituents is 1. The van der Waals surface area contributed by atoms with E-state index in [0.29, 0.717) is 13.0 Å². The topological polar surface area (TPSA) is 95.0 Å². The number of aryl methyl sites for hydroxylation is 1. The Bertz CT molecular complexity index is 1060. The maximum atomic E-state index is 12.4. The molecule has 0 radical (unpaired) electrons. The predicted octanol–water partition coefficient (Wildman–Crippen LogP) is 3.34. The van der Waals surface area contributed by atoms with Crippen molar-refractivity contribution in [1.29, 1.82) is 0 Å². The molecule has 7 nitrogen and oxygen atoms in total. The number of phenols is 1. The number of hydrazine groups is 1. The van der Waals surface area contributed by atoms with Crippen LogP contribution in [0.15, 0.2) is 77.9 Å². The number of hydrazone groups is 1. The summed E-state index contributed by atoms with van der Waals surface area (Å²) >= 11 is 0. The lowest BCUT2D eigenvalue weighted by molar-refractivity contribution is -0.122. The van der Waals surface area contributed by atoms with Crippen LogP contribution in [0.3, 0.4) is 0 Å². The van der Waals surface area contributed by atoms with E-state index in [1.165, 1.54) is 11.8 Å². The van der Waals surface area contributed by atoms with E-state index in [2.05, 4.69) is 52.6 Å². The van der Waals surface area contributed by atoms with Crippen LogP contribution in [0.5, 0.6) is 11.5 Å². The fraction of sp³-hybridized carbons (Fsp3) is 0.200. The highest BCUT2D eigenvalue weighted by Crippen LogP contribution is 2.24. The number of carbonyl (C=O) groups excluding carboxylic acids is 1. The summed E-state index contributed by atoms with van der Waals surface area (Å²) in [7, 11) is 0. The van der Waals surface area contributed by atoms with Crippen LogP contribution in [0.2, 0.25) is 0 Å². The van der Waals surface area contributed by atoms with Crippen LogP contribution in [0.1, 0.15) is 34.7 Å². The molecule has 2 unspecified atom stereocenters. The third-order valence-corrected chi connectivity index (χ3v) is 5.31. The zero-order valence-electron chi connectivity index (χ0n) is 17.8. The Morgan fingerprint density at radius 1 is 1.06 bits per heavy atom. The van der Waals surface area contributed by atoms with Crippen LogP contribution in [0.4, 0.5) is 0 Å². The number of rotatable bonds is 7. The van der Waals surface area contributed by atoms with Crippen molar-refractivity contribution >= 4 is 12.1 Å². The Hall–Kier alpha value is -3.68. The molecular formula is C25H26N4O3. The molecule has 1 amide bonds. The number of nitrogens with one attached hydrogen (secondary N) is 3. The van der Waals surface area contributed by atoms with Gasteiger partial charge in [-0.1, -0.05) is 42.0 Å². The Balaban J connectivity index is 1.25. The van der Waals surface area contributed by atoms with Gasteiger partial charge in [0.05, 0.1) is 6.21 Å². The number of amides is 1. The summed E-state index contributed by atoms with van der Waals surface area (Å²) in [5.74, 6) is 0.774. The van der Waals surface area contributed by atoms with Crippen molar-refractivity contribution < 1.29 is 14.6 Å². The predicted molar refractivity (Wildman–Crippen MR) is 123 cm³/mol. The molecule has 0 aromatic heterocycles. The van der Waals surface area contributed by atoms with Crippen molar-refractivity contribution in [3.63, 3.8) is 0 Å². The summed E-state index contributed by atoms with van der Waals surface area (Å²) in [6.45, 7) is 2.59. The highest BCUT2D eigenvalue weighted by molar-refractivity contribution is 5.85. The highest BCUT2D eigenvalue weighted by Gasteiger charge is 2.30. The van der Waals surface area contributed by atoms with Crippen LogP contribution in [-0.2, 0) is 11.4 Å². The van der Waals surface area contributed by atoms with E-state index < -0.39 is 6.04 Å². The van der Waals surface area contributed by atoms with Gasteiger partial charge in [-0.15, -0.1) is 0 Å². The number of carbonyl (C=O) groups is 1. The molecule has 1 fully saturated rings. The molecule has 2 atom stereocenters. The number of nitrogens with zero attached hydrogens (tertiary/aromatic N) is 1. The van der Waals surface area contributed by atoms with Crippen molar-refractivity contribution in [3.8, 4) is 11.5 Å². The molecule has 1 aliphatic heterocycles. The van der Waals surface area contributed by atoms with Gasteiger partial charge in [-0.2, -0.15) is 5.10 Å². The number of benzene rings is 3. The van der Waals surface area contributed by atoms with Crippen molar-refractivity contribution in [1.82, 2.24) is 16.3 Å². The van der Waals surface area contributed by atoms with Crippen LogP contribution < -0.4 is 21.0 Å². The van der Waals surface area contributed by atoms with Crippen LogP contribution in [-0.4, -0.2) is 23.3 Å². The second-order valence-electron chi connectivity index (χ2n) is 7.80. The van der Waals surface area contributed by atoms with Crippen LogP contribution in [0, 0.1) is 6.92 Å². The van der Waals surface area contributed by atoms with Gasteiger partial charge in [0.25, 0.3) is 5.91 Å². The fourth-order valence-corrected chi connectivity index (χ4v) is 3.40. The lowest BCUT2D eigenvalue weighted by atomic mass is 10.0. The molecule has 0 aliphatic carbocycles. The molecule has 3 aromatic rings. The molecule has 0 spiro atoms. The molecule has 3 aromatic carbocycles. The summed E-state index contributed by atoms with van der Waals surface area (Å²) in [4.78, 5) is 12.4. The first-order valence-corrected chi connectivity index (χ1v) is 10.5. The number of hydrogen-bond donors (Lipinski definition) is 4. The van der Waals surface area contributed by atoms with E-state index in [0.717, 1.165) is 22.4 Å². The molecule has 0 saturated carbocycles. The Morgan fingerprint density at radius 3 is 2.50 bits per heavy atom. The van der Waals surface area contributed by atoms with Gasteiger partial charge >= 0.3 is 0 Å². The summed E-state index contributed by atoms with van der Waals surface area (Å²) in [6.07, 6.45) is 2.14. The first-order chi connectivity index (χ1) is 15.6. The van der Waals surface area contributed by atoms with E-state index in [-0.39, 0.29) is 17.7 Å². The second kappa shape index (κ2) is 10.1. The largest absolute Gasteiger partial charge is 0.508 e. The monoisotopic (exact) mass is 430 g/mol. The van der Waals surface area contributed by atoms with Gasteiger partial charge in [-0.25, -0.2) is 16.3 Å². The van der Waals surface area contributed by atoms with E-state index >= 15 is 0 Å². The van der Waals surface area contributed by atoms with Crippen molar-refractivity contribution in [3.05, 3.63) is 95.1 Å². The zero-order valence-corrected chi connectivity index (χ0v) is 17.8. The summed E-state index contributed by atoms with van der Waals surface area (Å²) in [5, 5.41) is 13.3. The van der Waals surface area contributed by atoms with E-state index in [9.17, 15) is 9.90 Å². The van der Waals surface area contributed by atoms with Gasteiger partial charge in [0, 0.05) is 6.04 Å². The molecule has 32 heavy (non-hydrogen) atoms. The molecular weight excluding hydrogens is 404 g/mol. The molecule has 0 bridgehead atoms. The SMILES string of the molecule is Cc1ccc(COc2ccc(C3CC(C(=O)N/N=C/c4ccc(O)cc4)NN3)cc2)cc1. The van der Waals surface area contributed by atoms with Gasteiger partial charge in [0.15, 0.2) is 0 Å². The normalized spacial score (nSPS) is 18.0. The third-order valence-electron chi connectivity index (χ3n) is 5.31. The highest BCUT2D eigenvalue weighted by atomic mass is 16.5. The number of ether oxygens (including phenoxy) is 1. The zero-order chi connectivity index (χ0) is 22.3. The molecule has 7 heteroatoms. The van der Waals surface area contributed by atoms with Crippen LogP contribution >= 0.6 is 0 Å².